The molecule has 0 bridgehead atoms. The van der Waals surface area contributed by atoms with Gasteiger partial charge in [-0.15, -0.1) is 0 Å². The highest BCUT2D eigenvalue weighted by Gasteiger charge is 2.25. The fraction of sp³-hybridized carbons (Fsp3) is 0.500. The molecule has 1 aliphatic carbocycles. The van der Waals surface area contributed by atoms with Crippen LogP contribution in [0.15, 0.2) is 35.2 Å². The molecule has 30 heavy (non-hydrogen) atoms. The molecule has 1 aromatic carbocycles. The van der Waals surface area contributed by atoms with Gasteiger partial charge in [-0.3, -0.25) is 0 Å². The summed E-state index contributed by atoms with van der Waals surface area (Å²) in [5, 5.41) is 8.61. The number of aryl methyl sites for hydroxylation is 1. The fourth-order valence-electron chi connectivity index (χ4n) is 4.24. The summed E-state index contributed by atoms with van der Waals surface area (Å²) >= 11 is 0. The van der Waals surface area contributed by atoms with Gasteiger partial charge in [0.05, 0.1) is 19.3 Å². The van der Waals surface area contributed by atoms with Crippen LogP contribution >= 0.6 is 0 Å². The summed E-state index contributed by atoms with van der Waals surface area (Å²) in [4.78, 5) is 11.1. The molecule has 8 heteroatoms. The lowest BCUT2D eigenvalue weighted by molar-refractivity contribution is 0.122. The molecule has 1 saturated carbocycles. The van der Waals surface area contributed by atoms with E-state index in [-0.39, 0.29) is 6.10 Å². The molecular formula is C22H27N5O3. The molecule has 3 aromatic rings. The molecule has 1 aliphatic heterocycles. The number of anilines is 2. The molecule has 0 unspecified atom stereocenters. The Morgan fingerprint density at radius 2 is 1.97 bits per heavy atom. The van der Waals surface area contributed by atoms with E-state index in [2.05, 4.69) is 37.5 Å². The number of morpholine rings is 1. The molecule has 158 valence electrons. The summed E-state index contributed by atoms with van der Waals surface area (Å²) in [6, 6.07) is 6.50. The van der Waals surface area contributed by atoms with Gasteiger partial charge in [0.2, 0.25) is 5.95 Å². The Kier molecular flexibility index (Phi) is 5.40. The lowest BCUT2D eigenvalue weighted by Gasteiger charge is -2.31. The van der Waals surface area contributed by atoms with Gasteiger partial charge in [-0.05, 0) is 44.7 Å². The van der Waals surface area contributed by atoms with Gasteiger partial charge < -0.3 is 24.2 Å². The highest BCUT2D eigenvalue weighted by atomic mass is 16.5. The fourth-order valence-corrected chi connectivity index (χ4v) is 4.24. The van der Waals surface area contributed by atoms with E-state index in [1.165, 1.54) is 0 Å². The third-order valence-electron chi connectivity index (χ3n) is 5.88. The number of aromatic nitrogens is 3. The number of nitrogens with zero attached hydrogens (tertiary/aromatic N) is 4. The molecule has 1 saturated heterocycles. The van der Waals surface area contributed by atoms with Crippen LogP contribution in [0, 0.1) is 6.92 Å². The standard InChI is InChI=1S/C22H27N5O3/c1-15-6-7-23-22(24-15)25-17-2-4-19(5-3-17)30-20-13-18(27-8-10-28-11-9-27)12-16-14-29-26-21(16)20/h6-7,12-14,17,19H,2-5,8-11H2,1H3,(H,23,24,25). The van der Waals surface area contributed by atoms with Crippen molar-refractivity contribution in [2.45, 2.75) is 44.8 Å². The van der Waals surface area contributed by atoms with E-state index in [9.17, 15) is 0 Å². The Hall–Kier alpha value is -2.87. The molecule has 0 radical (unpaired) electrons. The minimum atomic E-state index is 0.168. The highest BCUT2D eigenvalue weighted by Crippen LogP contribution is 2.34. The molecule has 0 spiro atoms. The predicted octanol–water partition coefficient (Wildman–Crippen LogP) is 3.56. The van der Waals surface area contributed by atoms with Crippen LogP contribution in [0.4, 0.5) is 11.6 Å². The molecule has 2 aliphatic rings. The number of hydrogen-bond donors (Lipinski definition) is 1. The maximum atomic E-state index is 6.44. The van der Waals surface area contributed by atoms with Gasteiger partial charge in [-0.25, -0.2) is 9.97 Å². The second-order valence-corrected chi connectivity index (χ2v) is 8.05. The number of benzene rings is 1. The summed E-state index contributed by atoms with van der Waals surface area (Å²) in [7, 11) is 0. The quantitative estimate of drug-likeness (QED) is 0.685. The summed E-state index contributed by atoms with van der Waals surface area (Å²) < 4.78 is 17.2. The lowest BCUT2D eigenvalue weighted by Crippen LogP contribution is -2.36. The van der Waals surface area contributed by atoms with Crippen LogP contribution in [-0.2, 0) is 4.74 Å². The van der Waals surface area contributed by atoms with Gasteiger partial charge in [-0.2, -0.15) is 0 Å². The van der Waals surface area contributed by atoms with E-state index >= 15 is 0 Å². The topological polar surface area (TPSA) is 85.5 Å². The van der Waals surface area contributed by atoms with Crippen LogP contribution in [0.2, 0.25) is 0 Å². The second-order valence-electron chi connectivity index (χ2n) is 8.05. The largest absolute Gasteiger partial charge is 0.488 e. The predicted molar refractivity (Wildman–Crippen MR) is 114 cm³/mol. The number of nitrogens with one attached hydrogen (secondary N) is 1. The molecule has 2 fully saturated rings. The van der Waals surface area contributed by atoms with E-state index in [4.69, 9.17) is 14.0 Å². The van der Waals surface area contributed by atoms with E-state index in [0.717, 1.165) is 80.0 Å². The number of rotatable bonds is 5. The summed E-state index contributed by atoms with van der Waals surface area (Å²) in [5.74, 6) is 1.52. The average Bonchev–Trinajstić information content (AvgIpc) is 3.25. The zero-order valence-electron chi connectivity index (χ0n) is 17.2. The normalized spacial score (nSPS) is 22.2. The van der Waals surface area contributed by atoms with Crippen LogP contribution < -0.4 is 15.0 Å². The van der Waals surface area contributed by atoms with Crippen molar-refractivity contribution in [1.29, 1.82) is 0 Å². The van der Waals surface area contributed by atoms with E-state index in [0.29, 0.717) is 12.0 Å². The molecule has 3 heterocycles. The smallest absolute Gasteiger partial charge is 0.223 e. The summed E-state index contributed by atoms with van der Waals surface area (Å²) in [6.07, 6.45) is 7.65. The minimum Gasteiger partial charge on any atom is -0.488 e. The lowest BCUT2D eigenvalue weighted by atomic mass is 9.93. The Morgan fingerprint density at radius 1 is 1.13 bits per heavy atom. The number of ether oxygens (including phenoxy) is 2. The van der Waals surface area contributed by atoms with Gasteiger partial charge >= 0.3 is 0 Å². The van der Waals surface area contributed by atoms with Gasteiger partial charge in [0.25, 0.3) is 0 Å². The molecule has 0 amide bonds. The van der Waals surface area contributed by atoms with Gasteiger partial charge in [0.1, 0.15) is 6.26 Å². The second kappa shape index (κ2) is 8.47. The average molecular weight is 409 g/mol. The van der Waals surface area contributed by atoms with Crippen molar-refractivity contribution in [2.24, 2.45) is 0 Å². The van der Waals surface area contributed by atoms with Gasteiger partial charge in [-0.1, -0.05) is 5.16 Å². The van der Waals surface area contributed by atoms with Crippen molar-refractivity contribution >= 4 is 22.5 Å². The zero-order chi connectivity index (χ0) is 20.3. The van der Waals surface area contributed by atoms with E-state index in [1.807, 2.05) is 13.0 Å². The zero-order valence-corrected chi connectivity index (χ0v) is 17.2. The van der Waals surface area contributed by atoms with Crippen molar-refractivity contribution < 1.29 is 14.0 Å². The van der Waals surface area contributed by atoms with Crippen LogP contribution in [0.3, 0.4) is 0 Å². The van der Waals surface area contributed by atoms with Crippen molar-refractivity contribution in [3.63, 3.8) is 0 Å². The van der Waals surface area contributed by atoms with Crippen molar-refractivity contribution in [3.05, 3.63) is 36.4 Å². The van der Waals surface area contributed by atoms with Gasteiger partial charge in [0.15, 0.2) is 11.3 Å². The molecule has 0 atom stereocenters. The van der Waals surface area contributed by atoms with Crippen molar-refractivity contribution in [2.75, 3.05) is 36.5 Å². The molecule has 8 nitrogen and oxygen atoms in total. The monoisotopic (exact) mass is 409 g/mol. The SMILES string of the molecule is Cc1ccnc(NC2CCC(Oc3cc(N4CCOCC4)cc4conc34)CC2)n1. The van der Waals surface area contributed by atoms with Crippen molar-refractivity contribution in [3.8, 4) is 5.75 Å². The van der Waals surface area contributed by atoms with E-state index in [1.54, 1.807) is 12.5 Å². The van der Waals surface area contributed by atoms with Crippen LogP contribution in [0.5, 0.6) is 5.75 Å². The number of hydrogen-bond acceptors (Lipinski definition) is 8. The van der Waals surface area contributed by atoms with Crippen LogP contribution in [-0.4, -0.2) is 53.6 Å². The van der Waals surface area contributed by atoms with Gasteiger partial charge in [0, 0.05) is 48.2 Å². The highest BCUT2D eigenvalue weighted by molar-refractivity contribution is 5.87. The number of fused-ring (bicyclic) bond motifs is 1. The molecule has 1 N–H and O–H groups in total. The van der Waals surface area contributed by atoms with E-state index < -0.39 is 0 Å². The molecule has 5 rings (SSSR count). The Balaban J connectivity index is 1.25. The van der Waals surface area contributed by atoms with Crippen LogP contribution in [0.25, 0.3) is 10.9 Å². The minimum absolute atomic E-state index is 0.168. The third kappa shape index (κ3) is 4.18. The first-order valence-electron chi connectivity index (χ1n) is 10.7. The molecule has 2 aromatic heterocycles. The van der Waals surface area contributed by atoms with Crippen molar-refractivity contribution in [1.82, 2.24) is 15.1 Å². The first-order chi connectivity index (χ1) is 14.7. The first kappa shape index (κ1) is 19.1. The van der Waals surface area contributed by atoms with Crippen LogP contribution in [0.1, 0.15) is 31.4 Å². The maximum absolute atomic E-state index is 6.44. The Morgan fingerprint density at radius 3 is 2.77 bits per heavy atom. The third-order valence-corrected chi connectivity index (χ3v) is 5.88. The maximum Gasteiger partial charge on any atom is 0.223 e. The Bertz CT molecular complexity index is 993. The summed E-state index contributed by atoms with van der Waals surface area (Å²) in [6.45, 7) is 5.24. The first-order valence-corrected chi connectivity index (χ1v) is 10.7. The Labute approximate surface area is 175 Å². The molecular weight excluding hydrogens is 382 g/mol. The summed E-state index contributed by atoms with van der Waals surface area (Å²) in [5.41, 5.74) is 2.90.